The lowest BCUT2D eigenvalue weighted by Crippen LogP contribution is -3.00. The van der Waals surface area contributed by atoms with E-state index in [1.807, 2.05) is 42.5 Å². The quantitative estimate of drug-likeness (QED) is 0.369. The monoisotopic (exact) mass is 355 g/mol. The van der Waals surface area contributed by atoms with E-state index in [0.29, 0.717) is 17.6 Å². The molecule has 0 spiro atoms. The minimum absolute atomic E-state index is 0. The molecule has 0 aliphatic rings. The Labute approximate surface area is 150 Å². The molecule has 2 aromatic carbocycles. The molecule has 2 N–H and O–H groups in total. The van der Waals surface area contributed by atoms with E-state index < -0.39 is 0 Å². The number of anilines is 1. The summed E-state index contributed by atoms with van der Waals surface area (Å²) in [5.41, 5.74) is 4.60. The highest BCUT2D eigenvalue weighted by molar-refractivity contribution is 5.80. The fourth-order valence-electron chi connectivity index (χ4n) is 2.08. The van der Waals surface area contributed by atoms with Crippen LogP contribution in [0.3, 0.4) is 0 Å². The zero-order valence-corrected chi connectivity index (χ0v) is 14.0. The number of benzene rings is 2. The van der Waals surface area contributed by atoms with Crippen molar-refractivity contribution in [3.63, 3.8) is 0 Å². The molecule has 3 rings (SSSR count). The molecule has 0 bridgehead atoms. The SMILES string of the molecule is C=CCOc1ccc(/C=N/Nc2nc3ccccc3[nH]c2=O)cc1.[Cl-]. The van der Waals surface area contributed by atoms with Gasteiger partial charge in [-0.2, -0.15) is 5.10 Å². The molecule has 0 saturated carbocycles. The van der Waals surface area contributed by atoms with Crippen molar-refractivity contribution < 1.29 is 17.1 Å². The molecule has 0 saturated heterocycles. The molecule has 1 heterocycles. The molecule has 128 valence electrons. The van der Waals surface area contributed by atoms with E-state index >= 15 is 0 Å². The molecule has 0 atom stereocenters. The molecule has 0 radical (unpaired) electrons. The van der Waals surface area contributed by atoms with E-state index in [0.717, 1.165) is 11.3 Å². The van der Waals surface area contributed by atoms with Gasteiger partial charge in [0.25, 0.3) is 5.56 Å². The summed E-state index contributed by atoms with van der Waals surface area (Å²) in [5.74, 6) is 0.906. The summed E-state index contributed by atoms with van der Waals surface area (Å²) in [6.07, 6.45) is 3.29. The third-order valence-electron chi connectivity index (χ3n) is 3.23. The van der Waals surface area contributed by atoms with Gasteiger partial charge < -0.3 is 22.1 Å². The maximum Gasteiger partial charge on any atom is 0.293 e. The van der Waals surface area contributed by atoms with Crippen molar-refractivity contribution in [2.75, 3.05) is 12.0 Å². The van der Waals surface area contributed by atoms with Gasteiger partial charge in [-0.25, -0.2) is 4.98 Å². The van der Waals surface area contributed by atoms with E-state index in [1.165, 1.54) is 0 Å². The molecule has 0 unspecified atom stereocenters. The van der Waals surface area contributed by atoms with Crippen LogP contribution in [0.15, 0.2) is 71.1 Å². The van der Waals surface area contributed by atoms with Gasteiger partial charge >= 0.3 is 0 Å². The van der Waals surface area contributed by atoms with E-state index in [1.54, 1.807) is 18.4 Å². The second kappa shape index (κ2) is 8.65. The summed E-state index contributed by atoms with van der Waals surface area (Å²) in [7, 11) is 0. The minimum Gasteiger partial charge on any atom is -1.00 e. The smallest absolute Gasteiger partial charge is 0.293 e. The van der Waals surface area contributed by atoms with Gasteiger partial charge in [-0.3, -0.25) is 10.2 Å². The van der Waals surface area contributed by atoms with Crippen LogP contribution in [0, 0.1) is 0 Å². The van der Waals surface area contributed by atoms with Crippen molar-refractivity contribution in [2.45, 2.75) is 0 Å². The molecule has 0 aliphatic carbocycles. The molecule has 7 heteroatoms. The molecular formula is C18H16ClN4O2-. The van der Waals surface area contributed by atoms with E-state index in [2.05, 4.69) is 27.1 Å². The lowest BCUT2D eigenvalue weighted by Gasteiger charge is -2.03. The maximum atomic E-state index is 11.9. The molecular weight excluding hydrogens is 340 g/mol. The van der Waals surface area contributed by atoms with Crippen LogP contribution in [0.2, 0.25) is 0 Å². The lowest BCUT2D eigenvalue weighted by atomic mass is 10.2. The highest BCUT2D eigenvalue weighted by Gasteiger charge is 2.02. The number of hydrogen-bond acceptors (Lipinski definition) is 5. The summed E-state index contributed by atoms with van der Waals surface area (Å²) in [6, 6.07) is 14.7. The normalized spacial score (nSPS) is 10.4. The summed E-state index contributed by atoms with van der Waals surface area (Å²) >= 11 is 0. The van der Waals surface area contributed by atoms with Crippen molar-refractivity contribution in [2.24, 2.45) is 5.10 Å². The predicted octanol–water partition coefficient (Wildman–Crippen LogP) is -0.0621. The summed E-state index contributed by atoms with van der Waals surface area (Å²) in [6.45, 7) is 4.06. The first-order valence-corrected chi connectivity index (χ1v) is 7.38. The number of aromatic amines is 1. The van der Waals surface area contributed by atoms with Crippen molar-refractivity contribution >= 4 is 23.1 Å². The van der Waals surface area contributed by atoms with Crippen LogP contribution >= 0.6 is 0 Å². The third kappa shape index (κ3) is 4.68. The van der Waals surface area contributed by atoms with Crippen molar-refractivity contribution in [1.29, 1.82) is 0 Å². The highest BCUT2D eigenvalue weighted by atomic mass is 35.5. The molecule has 3 aromatic rings. The van der Waals surface area contributed by atoms with Crippen LogP contribution in [0.4, 0.5) is 5.82 Å². The number of H-pyrrole nitrogens is 1. The molecule has 0 aliphatic heterocycles. The third-order valence-corrected chi connectivity index (χ3v) is 3.23. The summed E-state index contributed by atoms with van der Waals surface area (Å²) in [4.78, 5) is 19.0. The van der Waals surface area contributed by atoms with E-state index in [-0.39, 0.29) is 23.8 Å². The zero-order valence-electron chi connectivity index (χ0n) is 13.3. The Morgan fingerprint density at radius 3 is 2.72 bits per heavy atom. The fourth-order valence-corrected chi connectivity index (χ4v) is 2.08. The second-order valence-electron chi connectivity index (χ2n) is 4.97. The predicted molar refractivity (Wildman–Crippen MR) is 95.7 cm³/mol. The molecule has 6 nitrogen and oxygen atoms in total. The van der Waals surface area contributed by atoms with Gasteiger partial charge in [-0.15, -0.1) is 0 Å². The number of hydrogen-bond donors (Lipinski definition) is 2. The number of halogens is 1. The number of aromatic nitrogens is 2. The Bertz CT molecular complexity index is 936. The Morgan fingerprint density at radius 2 is 1.96 bits per heavy atom. The number of fused-ring (bicyclic) bond motifs is 1. The summed E-state index contributed by atoms with van der Waals surface area (Å²) < 4.78 is 5.41. The number of nitrogens with zero attached hydrogens (tertiary/aromatic N) is 2. The average Bonchev–Trinajstić information content (AvgIpc) is 2.61. The second-order valence-corrected chi connectivity index (χ2v) is 4.97. The zero-order chi connectivity index (χ0) is 16.8. The topological polar surface area (TPSA) is 79.4 Å². The van der Waals surface area contributed by atoms with Gasteiger partial charge in [0.15, 0.2) is 0 Å². The molecule has 25 heavy (non-hydrogen) atoms. The summed E-state index contributed by atoms with van der Waals surface area (Å²) in [5, 5.41) is 4.06. The van der Waals surface area contributed by atoms with Gasteiger partial charge in [0.05, 0.1) is 17.2 Å². The number of nitrogens with one attached hydrogen (secondary N) is 2. The van der Waals surface area contributed by atoms with Gasteiger partial charge in [0.2, 0.25) is 5.82 Å². The average molecular weight is 356 g/mol. The maximum absolute atomic E-state index is 11.9. The molecule has 0 amide bonds. The van der Waals surface area contributed by atoms with Crippen molar-refractivity contribution in [3.8, 4) is 5.75 Å². The standard InChI is InChI=1S/C18H16N4O2.ClH/c1-2-11-24-14-9-7-13(8-10-14)12-19-22-17-18(23)21-16-6-4-3-5-15(16)20-17;/h2-10,12H,1,11H2,(H,20,22)(H,21,23);1H/p-1/b19-12+;. The van der Waals surface area contributed by atoms with Gasteiger partial charge in [-0.1, -0.05) is 24.8 Å². The highest BCUT2D eigenvalue weighted by Crippen LogP contribution is 2.11. The number of rotatable bonds is 6. The van der Waals surface area contributed by atoms with Crippen molar-refractivity contribution in [3.05, 3.63) is 77.1 Å². The van der Waals surface area contributed by atoms with Crippen LogP contribution in [-0.4, -0.2) is 22.8 Å². The first-order chi connectivity index (χ1) is 11.8. The Hall–Kier alpha value is -3.12. The van der Waals surface area contributed by atoms with Crippen LogP contribution in [0.1, 0.15) is 5.56 Å². The van der Waals surface area contributed by atoms with E-state index in [9.17, 15) is 4.79 Å². The first kappa shape index (κ1) is 18.2. The number of ether oxygens (including phenoxy) is 1. The fraction of sp³-hybridized carbons (Fsp3) is 0.0556. The van der Waals surface area contributed by atoms with Gasteiger partial charge in [0, 0.05) is 0 Å². The Morgan fingerprint density at radius 1 is 1.20 bits per heavy atom. The Balaban J connectivity index is 0.00000225. The van der Waals surface area contributed by atoms with Crippen molar-refractivity contribution in [1.82, 2.24) is 9.97 Å². The lowest BCUT2D eigenvalue weighted by molar-refractivity contribution is -0.00000533. The van der Waals surface area contributed by atoms with Gasteiger partial charge in [-0.05, 0) is 42.0 Å². The molecule has 0 fully saturated rings. The Kier molecular flexibility index (Phi) is 6.31. The van der Waals surface area contributed by atoms with Crippen LogP contribution < -0.4 is 28.1 Å². The minimum atomic E-state index is -0.320. The van der Waals surface area contributed by atoms with Gasteiger partial charge in [0.1, 0.15) is 12.4 Å². The number of hydrazone groups is 1. The van der Waals surface area contributed by atoms with Crippen LogP contribution in [0.5, 0.6) is 5.75 Å². The van der Waals surface area contributed by atoms with E-state index in [4.69, 9.17) is 4.74 Å². The number of para-hydroxylation sites is 2. The molecule has 1 aromatic heterocycles. The van der Waals surface area contributed by atoms with Crippen LogP contribution in [-0.2, 0) is 0 Å². The van der Waals surface area contributed by atoms with Crippen LogP contribution in [0.25, 0.3) is 11.0 Å². The first-order valence-electron chi connectivity index (χ1n) is 7.38. The largest absolute Gasteiger partial charge is 1.00 e.